The molecule has 3 aromatic rings. The molecule has 0 radical (unpaired) electrons. The first-order valence-corrected chi connectivity index (χ1v) is 8.54. The van der Waals surface area contributed by atoms with Crippen LogP contribution in [0.25, 0.3) is 11.0 Å². The van der Waals surface area contributed by atoms with Gasteiger partial charge in [-0.05, 0) is 50.1 Å². The van der Waals surface area contributed by atoms with Crippen molar-refractivity contribution < 1.29 is 4.39 Å². The van der Waals surface area contributed by atoms with E-state index < -0.39 is 0 Å². The molecule has 1 N–H and O–H groups in total. The second-order valence-electron chi connectivity index (χ2n) is 6.48. The van der Waals surface area contributed by atoms with Crippen LogP contribution in [0.4, 0.5) is 16.0 Å². The van der Waals surface area contributed by atoms with Gasteiger partial charge in [-0.3, -0.25) is 9.36 Å². The Bertz CT molecular complexity index is 975. The molecular weight excluding hydrogens is 319 g/mol. The van der Waals surface area contributed by atoms with Crippen molar-refractivity contribution in [2.45, 2.75) is 38.6 Å². The molecule has 1 saturated carbocycles. The molecule has 6 heteroatoms. The normalized spacial score (nSPS) is 15.0. The van der Waals surface area contributed by atoms with E-state index in [0.717, 1.165) is 36.8 Å². The number of halogens is 1. The van der Waals surface area contributed by atoms with Crippen molar-refractivity contribution >= 4 is 22.7 Å². The van der Waals surface area contributed by atoms with Crippen LogP contribution >= 0.6 is 0 Å². The fraction of sp³-hybridized carbons (Fsp3) is 0.316. The van der Waals surface area contributed by atoms with Gasteiger partial charge in [0, 0.05) is 23.2 Å². The lowest BCUT2D eigenvalue weighted by Crippen LogP contribution is -2.24. The molecule has 0 saturated heterocycles. The van der Waals surface area contributed by atoms with E-state index in [-0.39, 0.29) is 17.4 Å². The Morgan fingerprint density at radius 1 is 1.08 bits per heavy atom. The van der Waals surface area contributed by atoms with E-state index in [1.807, 2.05) is 11.5 Å². The highest BCUT2D eigenvalue weighted by Crippen LogP contribution is 2.31. The zero-order chi connectivity index (χ0) is 17.4. The lowest BCUT2D eigenvalue weighted by molar-refractivity contribution is 0.516. The molecule has 5 nitrogen and oxygen atoms in total. The molecular formula is C19H19FN4O. The summed E-state index contributed by atoms with van der Waals surface area (Å²) in [5, 5.41) is 3.98. The minimum Gasteiger partial charge on any atom is -0.324 e. The number of nitrogens with one attached hydrogen (secondary N) is 1. The van der Waals surface area contributed by atoms with Gasteiger partial charge in [0.1, 0.15) is 11.5 Å². The van der Waals surface area contributed by atoms with Gasteiger partial charge in [-0.1, -0.05) is 12.8 Å². The van der Waals surface area contributed by atoms with Crippen molar-refractivity contribution in [3.8, 4) is 0 Å². The van der Waals surface area contributed by atoms with E-state index in [1.165, 1.54) is 12.1 Å². The molecule has 1 aliphatic rings. The molecule has 1 aliphatic carbocycles. The third-order valence-electron chi connectivity index (χ3n) is 4.76. The summed E-state index contributed by atoms with van der Waals surface area (Å²) in [5.74, 6) is 0.116. The molecule has 128 valence electrons. The second-order valence-corrected chi connectivity index (χ2v) is 6.48. The number of aromatic nitrogens is 3. The second kappa shape index (κ2) is 6.27. The quantitative estimate of drug-likeness (QED) is 0.781. The Morgan fingerprint density at radius 2 is 1.80 bits per heavy atom. The molecule has 0 atom stereocenters. The minimum atomic E-state index is -0.295. The molecule has 1 aromatic carbocycles. The molecule has 2 aromatic heterocycles. The summed E-state index contributed by atoms with van der Waals surface area (Å²) >= 11 is 0. The number of hydrogen-bond donors (Lipinski definition) is 1. The third-order valence-corrected chi connectivity index (χ3v) is 4.76. The fourth-order valence-electron chi connectivity index (χ4n) is 3.52. The molecule has 0 aliphatic heterocycles. The van der Waals surface area contributed by atoms with E-state index >= 15 is 0 Å². The van der Waals surface area contributed by atoms with Gasteiger partial charge in [-0.25, -0.2) is 9.37 Å². The Morgan fingerprint density at radius 3 is 2.52 bits per heavy atom. The average molecular weight is 338 g/mol. The highest BCUT2D eigenvalue weighted by atomic mass is 19.1. The summed E-state index contributed by atoms with van der Waals surface area (Å²) in [6, 6.07) is 9.62. The molecule has 0 unspecified atom stereocenters. The largest absolute Gasteiger partial charge is 0.324 e. The summed E-state index contributed by atoms with van der Waals surface area (Å²) in [5.41, 5.74) is 2.15. The van der Waals surface area contributed by atoms with Crippen molar-refractivity contribution in [1.29, 1.82) is 0 Å². The number of fused-ring (bicyclic) bond motifs is 1. The first kappa shape index (κ1) is 15.7. The predicted molar refractivity (Wildman–Crippen MR) is 95.7 cm³/mol. The molecule has 0 amide bonds. The SMILES string of the molecule is Cc1nc(Nc2ccc(F)cc2)nc2c1ccc(=O)n2C1CCCC1. The number of rotatable bonds is 3. The number of anilines is 2. The van der Waals surface area contributed by atoms with Crippen LogP contribution in [0.5, 0.6) is 0 Å². The van der Waals surface area contributed by atoms with Crippen LogP contribution in [0.3, 0.4) is 0 Å². The van der Waals surface area contributed by atoms with E-state index in [9.17, 15) is 9.18 Å². The average Bonchev–Trinajstić information content (AvgIpc) is 3.11. The molecule has 0 spiro atoms. The zero-order valence-corrected chi connectivity index (χ0v) is 14.0. The van der Waals surface area contributed by atoms with Gasteiger partial charge >= 0.3 is 0 Å². The van der Waals surface area contributed by atoms with Crippen molar-refractivity contribution in [2.24, 2.45) is 0 Å². The number of nitrogens with zero attached hydrogens (tertiary/aromatic N) is 3. The first-order valence-electron chi connectivity index (χ1n) is 8.54. The van der Waals surface area contributed by atoms with Gasteiger partial charge in [0.25, 0.3) is 5.56 Å². The Kier molecular flexibility index (Phi) is 3.95. The summed E-state index contributed by atoms with van der Waals surface area (Å²) in [6.07, 6.45) is 4.28. The van der Waals surface area contributed by atoms with Gasteiger partial charge < -0.3 is 5.32 Å². The Hall–Kier alpha value is -2.76. The predicted octanol–water partition coefficient (Wildman–Crippen LogP) is 4.10. The minimum absolute atomic E-state index is 0.0229. The van der Waals surface area contributed by atoms with Gasteiger partial charge in [0.2, 0.25) is 5.95 Å². The van der Waals surface area contributed by atoms with Gasteiger partial charge in [0.15, 0.2) is 0 Å². The van der Waals surface area contributed by atoms with Crippen LogP contribution in [-0.2, 0) is 0 Å². The highest BCUT2D eigenvalue weighted by molar-refractivity contribution is 5.79. The van der Waals surface area contributed by atoms with Gasteiger partial charge in [-0.15, -0.1) is 0 Å². The maximum atomic E-state index is 13.1. The van der Waals surface area contributed by atoms with Gasteiger partial charge in [0.05, 0.1) is 5.69 Å². The Balaban J connectivity index is 1.82. The van der Waals surface area contributed by atoms with Crippen molar-refractivity contribution in [1.82, 2.24) is 14.5 Å². The van der Waals surface area contributed by atoms with E-state index in [0.29, 0.717) is 17.3 Å². The van der Waals surface area contributed by atoms with Crippen LogP contribution in [0.15, 0.2) is 41.2 Å². The molecule has 25 heavy (non-hydrogen) atoms. The molecule has 2 heterocycles. The molecule has 1 fully saturated rings. The summed E-state index contributed by atoms with van der Waals surface area (Å²) < 4.78 is 14.9. The zero-order valence-electron chi connectivity index (χ0n) is 14.0. The van der Waals surface area contributed by atoms with Crippen LogP contribution in [-0.4, -0.2) is 14.5 Å². The summed E-state index contributed by atoms with van der Waals surface area (Å²) in [6.45, 7) is 1.91. The summed E-state index contributed by atoms with van der Waals surface area (Å²) in [4.78, 5) is 21.6. The number of benzene rings is 1. The van der Waals surface area contributed by atoms with Crippen molar-refractivity contribution in [3.05, 3.63) is 58.3 Å². The molecule has 4 rings (SSSR count). The lowest BCUT2D eigenvalue weighted by Gasteiger charge is -2.17. The Labute approximate surface area is 144 Å². The topological polar surface area (TPSA) is 59.8 Å². The third kappa shape index (κ3) is 2.99. The molecule has 0 bridgehead atoms. The maximum Gasteiger partial charge on any atom is 0.252 e. The maximum absolute atomic E-state index is 13.1. The van der Waals surface area contributed by atoms with Crippen LogP contribution in [0, 0.1) is 12.7 Å². The standard InChI is InChI=1S/C19H19FN4O/c1-12-16-10-11-17(25)24(15-4-2-3-5-15)18(16)23-19(21-12)22-14-8-6-13(20)7-9-14/h6-11,15H,2-5H2,1H3,(H,21,22,23). The smallest absolute Gasteiger partial charge is 0.252 e. The fourth-order valence-corrected chi connectivity index (χ4v) is 3.52. The van der Waals surface area contributed by atoms with Crippen LogP contribution < -0.4 is 10.9 Å². The number of pyridine rings is 1. The van der Waals surface area contributed by atoms with E-state index in [2.05, 4.69) is 15.3 Å². The van der Waals surface area contributed by atoms with E-state index in [1.54, 1.807) is 24.3 Å². The highest BCUT2D eigenvalue weighted by Gasteiger charge is 2.21. The number of hydrogen-bond acceptors (Lipinski definition) is 4. The monoisotopic (exact) mass is 338 g/mol. The number of aryl methyl sites for hydroxylation is 1. The summed E-state index contributed by atoms with van der Waals surface area (Å²) in [7, 11) is 0. The van der Waals surface area contributed by atoms with Crippen molar-refractivity contribution in [3.63, 3.8) is 0 Å². The lowest BCUT2D eigenvalue weighted by atomic mass is 10.2. The van der Waals surface area contributed by atoms with Gasteiger partial charge in [-0.2, -0.15) is 4.98 Å². The van der Waals surface area contributed by atoms with Crippen LogP contribution in [0.1, 0.15) is 37.4 Å². The first-order chi connectivity index (χ1) is 12.1. The van der Waals surface area contributed by atoms with Crippen molar-refractivity contribution in [2.75, 3.05) is 5.32 Å². The van der Waals surface area contributed by atoms with Crippen LogP contribution in [0.2, 0.25) is 0 Å². The van der Waals surface area contributed by atoms with E-state index in [4.69, 9.17) is 0 Å².